The minimum absolute atomic E-state index is 0.144. The maximum Gasteiger partial charge on any atom is 0.128 e. The maximum absolute atomic E-state index is 14.0. The van der Waals surface area contributed by atoms with Crippen LogP contribution in [0.5, 0.6) is 0 Å². The average molecular weight is 287 g/mol. The molecule has 0 saturated heterocycles. The Balaban J connectivity index is 2.10. The van der Waals surface area contributed by atoms with Crippen LogP contribution in [0.3, 0.4) is 0 Å². The van der Waals surface area contributed by atoms with Gasteiger partial charge in [-0.25, -0.2) is 4.39 Å². The van der Waals surface area contributed by atoms with Gasteiger partial charge in [0.25, 0.3) is 0 Å². The molecule has 2 aromatic rings. The van der Waals surface area contributed by atoms with Crippen molar-refractivity contribution in [1.82, 2.24) is 9.88 Å². The summed E-state index contributed by atoms with van der Waals surface area (Å²) in [5.41, 5.74) is 7.76. The number of rotatable bonds is 6. The van der Waals surface area contributed by atoms with Crippen molar-refractivity contribution in [2.24, 2.45) is 5.73 Å². The number of hydrogen-bond donors (Lipinski definition) is 1. The molecule has 4 heteroatoms. The molecule has 21 heavy (non-hydrogen) atoms. The van der Waals surface area contributed by atoms with E-state index in [0.29, 0.717) is 5.56 Å². The highest BCUT2D eigenvalue weighted by molar-refractivity contribution is 5.22. The average Bonchev–Trinajstić information content (AvgIpc) is 2.48. The molecule has 1 aromatic carbocycles. The van der Waals surface area contributed by atoms with Crippen molar-refractivity contribution in [2.45, 2.75) is 25.4 Å². The van der Waals surface area contributed by atoms with Crippen LogP contribution in [0, 0.1) is 5.82 Å². The Morgan fingerprint density at radius 1 is 1.19 bits per heavy atom. The zero-order valence-corrected chi connectivity index (χ0v) is 12.5. The van der Waals surface area contributed by atoms with Gasteiger partial charge in [-0.2, -0.15) is 0 Å². The standard InChI is InChI=1S/C17H22FN3/c1-13(19)17(15-8-3-4-9-16(15)18)21(2)12-10-14-7-5-6-11-20-14/h3-9,11,13,17H,10,12,19H2,1-2H3. The lowest BCUT2D eigenvalue weighted by Gasteiger charge is -2.31. The van der Waals surface area contributed by atoms with Crippen molar-refractivity contribution in [1.29, 1.82) is 0 Å². The maximum atomic E-state index is 14.0. The Hall–Kier alpha value is -1.78. The summed E-state index contributed by atoms with van der Waals surface area (Å²) in [6.07, 6.45) is 2.60. The van der Waals surface area contributed by atoms with E-state index in [2.05, 4.69) is 9.88 Å². The van der Waals surface area contributed by atoms with Crippen LogP contribution in [0.4, 0.5) is 4.39 Å². The second-order valence-corrected chi connectivity index (χ2v) is 5.38. The summed E-state index contributed by atoms with van der Waals surface area (Å²) >= 11 is 0. The summed E-state index contributed by atoms with van der Waals surface area (Å²) in [5, 5.41) is 0. The number of halogens is 1. The van der Waals surface area contributed by atoms with Crippen LogP contribution >= 0.6 is 0 Å². The van der Waals surface area contributed by atoms with Crippen molar-refractivity contribution < 1.29 is 4.39 Å². The molecular formula is C17H22FN3. The number of aromatic nitrogens is 1. The van der Waals surface area contributed by atoms with Gasteiger partial charge in [-0.15, -0.1) is 0 Å². The lowest BCUT2D eigenvalue weighted by Crippen LogP contribution is -2.38. The van der Waals surface area contributed by atoms with Crippen LogP contribution in [-0.4, -0.2) is 29.5 Å². The predicted molar refractivity (Wildman–Crippen MR) is 83.4 cm³/mol. The molecule has 112 valence electrons. The molecule has 0 saturated carbocycles. The van der Waals surface area contributed by atoms with Gasteiger partial charge in [0, 0.05) is 36.5 Å². The first-order valence-electron chi connectivity index (χ1n) is 7.19. The van der Waals surface area contributed by atoms with Crippen molar-refractivity contribution >= 4 is 0 Å². The number of benzene rings is 1. The molecule has 1 aromatic heterocycles. The quantitative estimate of drug-likeness (QED) is 0.888. The van der Waals surface area contributed by atoms with E-state index in [-0.39, 0.29) is 17.9 Å². The van der Waals surface area contributed by atoms with E-state index < -0.39 is 0 Å². The second-order valence-electron chi connectivity index (χ2n) is 5.38. The number of nitrogens with two attached hydrogens (primary N) is 1. The van der Waals surface area contributed by atoms with Gasteiger partial charge in [-0.05, 0) is 32.2 Å². The molecule has 2 unspecified atom stereocenters. The van der Waals surface area contributed by atoms with Gasteiger partial charge in [0.15, 0.2) is 0 Å². The normalized spacial score (nSPS) is 14.1. The predicted octanol–water partition coefficient (Wildman–Crippen LogP) is 2.78. The number of nitrogens with zero attached hydrogens (tertiary/aromatic N) is 2. The summed E-state index contributed by atoms with van der Waals surface area (Å²) in [7, 11) is 1.98. The third-order valence-electron chi connectivity index (χ3n) is 3.64. The third kappa shape index (κ3) is 4.09. The first kappa shape index (κ1) is 15.6. The summed E-state index contributed by atoms with van der Waals surface area (Å²) < 4.78 is 14.0. The van der Waals surface area contributed by atoms with E-state index in [1.54, 1.807) is 18.3 Å². The molecule has 0 spiro atoms. The van der Waals surface area contributed by atoms with Crippen LogP contribution in [-0.2, 0) is 6.42 Å². The largest absolute Gasteiger partial charge is 0.326 e. The van der Waals surface area contributed by atoms with E-state index in [1.165, 1.54) is 6.07 Å². The van der Waals surface area contributed by atoms with Gasteiger partial charge in [0.2, 0.25) is 0 Å². The molecule has 1 heterocycles. The Morgan fingerprint density at radius 3 is 2.52 bits per heavy atom. The van der Waals surface area contributed by atoms with Gasteiger partial charge >= 0.3 is 0 Å². The monoisotopic (exact) mass is 287 g/mol. The van der Waals surface area contributed by atoms with Crippen molar-refractivity contribution in [2.75, 3.05) is 13.6 Å². The molecule has 0 bridgehead atoms. The zero-order valence-electron chi connectivity index (χ0n) is 12.5. The Kier molecular flexibility index (Phi) is 5.42. The SMILES string of the molecule is CC(N)C(c1ccccc1F)N(C)CCc1ccccn1. The molecule has 0 aliphatic heterocycles. The first-order chi connectivity index (χ1) is 10.1. The molecule has 0 radical (unpaired) electrons. The third-order valence-corrected chi connectivity index (χ3v) is 3.64. The lowest BCUT2D eigenvalue weighted by atomic mass is 9.98. The zero-order chi connectivity index (χ0) is 15.2. The molecule has 2 N–H and O–H groups in total. The van der Waals surface area contributed by atoms with Crippen LogP contribution < -0.4 is 5.73 Å². The highest BCUT2D eigenvalue weighted by Gasteiger charge is 2.23. The number of hydrogen-bond acceptors (Lipinski definition) is 3. The fourth-order valence-electron chi connectivity index (χ4n) is 2.61. The van der Waals surface area contributed by atoms with E-state index in [4.69, 9.17) is 5.73 Å². The number of pyridine rings is 1. The molecule has 0 amide bonds. The number of likely N-dealkylation sites (N-methyl/N-ethyl adjacent to an activating group) is 1. The summed E-state index contributed by atoms with van der Waals surface area (Å²) in [6, 6.07) is 12.4. The Labute approximate surface area is 125 Å². The summed E-state index contributed by atoms with van der Waals surface area (Å²) in [6.45, 7) is 2.69. The van der Waals surface area contributed by atoms with Crippen LogP contribution in [0.25, 0.3) is 0 Å². The summed E-state index contributed by atoms with van der Waals surface area (Å²) in [5.74, 6) is -0.204. The molecule has 2 rings (SSSR count). The van der Waals surface area contributed by atoms with Gasteiger partial charge in [-0.3, -0.25) is 9.88 Å². The molecule has 3 nitrogen and oxygen atoms in total. The Morgan fingerprint density at radius 2 is 1.90 bits per heavy atom. The van der Waals surface area contributed by atoms with Gasteiger partial charge < -0.3 is 5.73 Å². The van der Waals surface area contributed by atoms with Crippen LogP contribution in [0.15, 0.2) is 48.7 Å². The minimum Gasteiger partial charge on any atom is -0.326 e. The smallest absolute Gasteiger partial charge is 0.128 e. The van der Waals surface area contributed by atoms with Gasteiger partial charge in [0.05, 0.1) is 6.04 Å². The fourth-order valence-corrected chi connectivity index (χ4v) is 2.61. The van der Waals surface area contributed by atoms with Gasteiger partial charge in [0.1, 0.15) is 5.82 Å². The van der Waals surface area contributed by atoms with Crippen molar-refractivity contribution in [3.63, 3.8) is 0 Å². The molecule has 2 atom stereocenters. The molecular weight excluding hydrogens is 265 g/mol. The van der Waals surface area contributed by atoms with Crippen molar-refractivity contribution in [3.8, 4) is 0 Å². The van der Waals surface area contributed by atoms with E-state index in [0.717, 1.165) is 18.7 Å². The van der Waals surface area contributed by atoms with Gasteiger partial charge in [-0.1, -0.05) is 24.3 Å². The highest BCUT2D eigenvalue weighted by Crippen LogP contribution is 2.24. The topological polar surface area (TPSA) is 42.1 Å². The lowest BCUT2D eigenvalue weighted by molar-refractivity contribution is 0.216. The highest BCUT2D eigenvalue weighted by atomic mass is 19.1. The Bertz CT molecular complexity index is 557. The van der Waals surface area contributed by atoms with Crippen LogP contribution in [0.1, 0.15) is 24.2 Å². The van der Waals surface area contributed by atoms with E-state index in [9.17, 15) is 4.39 Å². The minimum atomic E-state index is -0.204. The molecule has 0 aliphatic rings. The van der Waals surface area contributed by atoms with E-state index >= 15 is 0 Å². The first-order valence-corrected chi connectivity index (χ1v) is 7.19. The molecule has 0 fully saturated rings. The second kappa shape index (κ2) is 7.29. The fraction of sp³-hybridized carbons (Fsp3) is 0.353. The van der Waals surface area contributed by atoms with Crippen molar-refractivity contribution in [3.05, 3.63) is 65.7 Å². The molecule has 0 aliphatic carbocycles. The summed E-state index contributed by atoms with van der Waals surface area (Å²) in [4.78, 5) is 6.41. The van der Waals surface area contributed by atoms with E-state index in [1.807, 2.05) is 38.2 Å². The van der Waals surface area contributed by atoms with Crippen LogP contribution in [0.2, 0.25) is 0 Å².